The van der Waals surface area contributed by atoms with E-state index in [4.69, 9.17) is 4.74 Å². The highest BCUT2D eigenvalue weighted by Gasteiger charge is 2.58. The fourth-order valence-electron chi connectivity index (χ4n) is 6.94. The Morgan fingerprint density at radius 3 is 2.41 bits per heavy atom. The van der Waals surface area contributed by atoms with Crippen molar-refractivity contribution in [2.24, 2.45) is 23.7 Å². The minimum atomic E-state index is -0.405. The quantitative estimate of drug-likeness (QED) is 0.814. The molecule has 6 rings (SSSR count). The van der Waals surface area contributed by atoms with E-state index in [0.29, 0.717) is 12.0 Å². The molecule has 3 atom stereocenters. The fraction of sp³-hybridized carbons (Fsp3) is 0.750. The molecule has 4 aliphatic carbocycles. The van der Waals surface area contributed by atoms with E-state index in [9.17, 15) is 5.11 Å². The van der Waals surface area contributed by atoms with Gasteiger partial charge in [-0.3, -0.25) is 0 Å². The lowest BCUT2D eigenvalue weighted by Gasteiger charge is -2.33. The second-order valence-corrected chi connectivity index (χ2v) is 10.2. The zero-order valence-electron chi connectivity index (χ0n) is 16.8. The maximum Gasteiger partial charge on any atom is 0.119 e. The van der Waals surface area contributed by atoms with Crippen LogP contribution in [-0.4, -0.2) is 42.4 Å². The van der Waals surface area contributed by atoms with Gasteiger partial charge < -0.3 is 14.7 Å². The maximum atomic E-state index is 10.3. The molecule has 2 unspecified atom stereocenters. The Morgan fingerprint density at radius 2 is 1.74 bits per heavy atom. The molecule has 4 bridgehead atoms. The summed E-state index contributed by atoms with van der Waals surface area (Å²) in [6.45, 7) is 5.67. The molecule has 0 aromatic heterocycles. The number of rotatable bonds is 6. The standard InChI is InChI=1S/C24H35NO2/c1-17-6-8-25(9-7-17)15-22(26)16-27-23-4-2-20(3-5-23)24-13-18-10-19(14-24)12-21(24)11-18/h2-5,17-19,21-22,26H,6-16H2,1H3/t18?,19?,21?,22-,24?/m0/s1. The van der Waals surface area contributed by atoms with Crippen molar-refractivity contribution in [2.75, 3.05) is 26.2 Å². The molecule has 3 nitrogen and oxygen atoms in total. The average molecular weight is 370 g/mol. The van der Waals surface area contributed by atoms with Gasteiger partial charge in [-0.05, 0) is 105 Å². The van der Waals surface area contributed by atoms with Gasteiger partial charge in [0, 0.05) is 6.54 Å². The largest absolute Gasteiger partial charge is 0.491 e. The van der Waals surface area contributed by atoms with Crippen LogP contribution in [0.25, 0.3) is 0 Å². The van der Waals surface area contributed by atoms with Crippen LogP contribution in [0.3, 0.4) is 0 Å². The average Bonchev–Trinajstić information content (AvgIpc) is 3.07. The van der Waals surface area contributed by atoms with Crippen molar-refractivity contribution in [1.29, 1.82) is 0 Å². The summed E-state index contributed by atoms with van der Waals surface area (Å²) in [5.41, 5.74) is 2.03. The first-order valence-corrected chi connectivity index (χ1v) is 11.2. The number of β-amino-alcohol motifs (C(OH)–C–C–N with tert-alkyl or cyclic N) is 1. The summed E-state index contributed by atoms with van der Waals surface area (Å²) in [5, 5.41) is 10.3. The maximum absolute atomic E-state index is 10.3. The van der Waals surface area contributed by atoms with E-state index < -0.39 is 6.10 Å². The second kappa shape index (κ2) is 7.08. The van der Waals surface area contributed by atoms with Gasteiger partial charge in [0.25, 0.3) is 0 Å². The molecule has 0 radical (unpaired) electrons. The Bertz CT molecular complexity index is 635. The third-order valence-electron chi connectivity index (χ3n) is 8.21. The summed E-state index contributed by atoms with van der Waals surface area (Å²) in [7, 11) is 0. The van der Waals surface area contributed by atoms with Crippen LogP contribution < -0.4 is 4.74 Å². The Hall–Kier alpha value is -1.06. The number of likely N-dealkylation sites (tertiary alicyclic amines) is 1. The van der Waals surface area contributed by atoms with Gasteiger partial charge in [-0.1, -0.05) is 19.1 Å². The predicted molar refractivity (Wildman–Crippen MR) is 108 cm³/mol. The van der Waals surface area contributed by atoms with E-state index in [1.165, 1.54) is 44.9 Å². The number of nitrogens with zero attached hydrogens (tertiary/aromatic N) is 1. The lowest BCUT2D eigenvalue weighted by atomic mass is 9.71. The van der Waals surface area contributed by atoms with Crippen molar-refractivity contribution in [3.8, 4) is 5.75 Å². The van der Waals surface area contributed by atoms with Crippen molar-refractivity contribution in [1.82, 2.24) is 4.90 Å². The Kier molecular flexibility index (Phi) is 4.72. The zero-order chi connectivity index (χ0) is 18.4. The molecule has 5 fully saturated rings. The zero-order valence-corrected chi connectivity index (χ0v) is 16.8. The number of piperidine rings is 1. The van der Waals surface area contributed by atoms with Crippen LogP contribution in [0, 0.1) is 23.7 Å². The molecule has 1 aliphatic heterocycles. The molecule has 1 aromatic rings. The molecule has 0 amide bonds. The van der Waals surface area contributed by atoms with E-state index >= 15 is 0 Å². The molecule has 1 N–H and O–H groups in total. The third-order valence-corrected chi connectivity index (χ3v) is 8.21. The number of hydrogen-bond donors (Lipinski definition) is 1. The van der Waals surface area contributed by atoms with Gasteiger partial charge in [0.05, 0.1) is 0 Å². The molecule has 5 aliphatic rings. The van der Waals surface area contributed by atoms with Gasteiger partial charge in [-0.15, -0.1) is 0 Å². The number of aliphatic hydroxyl groups excluding tert-OH is 1. The number of aliphatic hydroxyl groups is 1. The molecular formula is C24H35NO2. The Morgan fingerprint density at radius 1 is 1.07 bits per heavy atom. The van der Waals surface area contributed by atoms with Crippen LogP contribution in [0.5, 0.6) is 5.75 Å². The molecule has 1 heterocycles. The van der Waals surface area contributed by atoms with E-state index in [-0.39, 0.29) is 0 Å². The van der Waals surface area contributed by atoms with Crippen molar-refractivity contribution >= 4 is 0 Å². The van der Waals surface area contributed by atoms with Crippen LogP contribution in [0.1, 0.15) is 57.4 Å². The third kappa shape index (κ3) is 3.42. The highest BCUT2D eigenvalue weighted by Crippen LogP contribution is 2.65. The Balaban J connectivity index is 1.15. The van der Waals surface area contributed by atoms with Gasteiger partial charge in [-0.25, -0.2) is 0 Å². The SMILES string of the molecule is CC1CCN(C[C@H](O)COc2ccc(C34CC5CC(CC3C5)C4)cc2)CC1. The Labute approximate surface area is 164 Å². The van der Waals surface area contributed by atoms with Crippen LogP contribution in [0.2, 0.25) is 0 Å². The van der Waals surface area contributed by atoms with Gasteiger partial charge in [0.15, 0.2) is 0 Å². The first-order chi connectivity index (χ1) is 13.1. The van der Waals surface area contributed by atoms with Crippen molar-refractivity contribution in [3.63, 3.8) is 0 Å². The van der Waals surface area contributed by atoms with Crippen LogP contribution in [0.4, 0.5) is 0 Å². The monoisotopic (exact) mass is 369 g/mol. The molecule has 27 heavy (non-hydrogen) atoms. The van der Waals surface area contributed by atoms with Crippen LogP contribution in [-0.2, 0) is 5.41 Å². The van der Waals surface area contributed by atoms with Crippen molar-refractivity contribution in [3.05, 3.63) is 29.8 Å². The van der Waals surface area contributed by atoms with E-state index in [0.717, 1.165) is 49.1 Å². The first kappa shape index (κ1) is 18.0. The minimum Gasteiger partial charge on any atom is -0.491 e. The summed E-state index contributed by atoms with van der Waals surface area (Å²) in [5.74, 6) is 4.65. The van der Waals surface area contributed by atoms with Crippen LogP contribution >= 0.6 is 0 Å². The molecule has 0 spiro atoms. The highest BCUT2D eigenvalue weighted by atomic mass is 16.5. The lowest BCUT2D eigenvalue weighted by molar-refractivity contribution is 0.0563. The number of benzene rings is 1. The number of hydrogen-bond acceptors (Lipinski definition) is 3. The summed E-state index contributed by atoms with van der Waals surface area (Å²) in [6.07, 6.45) is 9.36. The normalized spacial score (nSPS) is 37.0. The first-order valence-electron chi connectivity index (χ1n) is 11.2. The predicted octanol–water partition coefficient (Wildman–Crippen LogP) is 4.24. The summed E-state index contributed by atoms with van der Waals surface area (Å²) >= 11 is 0. The summed E-state index contributed by atoms with van der Waals surface area (Å²) in [4.78, 5) is 2.38. The van der Waals surface area contributed by atoms with Crippen molar-refractivity contribution in [2.45, 2.75) is 63.4 Å². The molecule has 3 heteroatoms. The summed E-state index contributed by atoms with van der Waals surface area (Å²) < 4.78 is 5.91. The van der Waals surface area contributed by atoms with Gasteiger partial charge in [-0.2, -0.15) is 0 Å². The van der Waals surface area contributed by atoms with E-state index in [2.05, 4.69) is 36.1 Å². The molecule has 4 saturated carbocycles. The van der Waals surface area contributed by atoms with Crippen molar-refractivity contribution < 1.29 is 9.84 Å². The van der Waals surface area contributed by atoms with E-state index in [1.54, 1.807) is 5.56 Å². The topological polar surface area (TPSA) is 32.7 Å². The van der Waals surface area contributed by atoms with Gasteiger partial charge >= 0.3 is 0 Å². The van der Waals surface area contributed by atoms with Gasteiger partial charge in [0.2, 0.25) is 0 Å². The molecular weight excluding hydrogens is 334 g/mol. The molecule has 1 saturated heterocycles. The fourth-order valence-corrected chi connectivity index (χ4v) is 6.94. The molecule has 1 aromatic carbocycles. The minimum absolute atomic E-state index is 0.392. The second-order valence-electron chi connectivity index (χ2n) is 10.2. The summed E-state index contributed by atoms with van der Waals surface area (Å²) in [6, 6.07) is 8.91. The van der Waals surface area contributed by atoms with Gasteiger partial charge in [0.1, 0.15) is 18.5 Å². The van der Waals surface area contributed by atoms with E-state index in [1.807, 2.05) is 0 Å². The smallest absolute Gasteiger partial charge is 0.119 e. The van der Waals surface area contributed by atoms with Crippen LogP contribution in [0.15, 0.2) is 24.3 Å². The highest BCUT2D eigenvalue weighted by molar-refractivity contribution is 5.36. The number of ether oxygens (including phenoxy) is 1. The lowest BCUT2D eigenvalue weighted by Crippen LogP contribution is -2.40. The molecule has 148 valence electrons.